The van der Waals surface area contributed by atoms with Crippen LogP contribution in [0.4, 0.5) is 10.2 Å². The quantitative estimate of drug-likeness (QED) is 0.668. The summed E-state index contributed by atoms with van der Waals surface area (Å²) in [6, 6.07) is 5.88. The second-order valence-electron chi connectivity index (χ2n) is 4.42. The van der Waals surface area contributed by atoms with Crippen LogP contribution >= 0.6 is 11.6 Å². The van der Waals surface area contributed by atoms with Gasteiger partial charge in [-0.1, -0.05) is 25.4 Å². The number of nitrogens with two attached hydrogens (primary N) is 1. The highest BCUT2D eigenvalue weighted by atomic mass is 35.5. The van der Waals surface area contributed by atoms with Crippen molar-refractivity contribution in [1.82, 2.24) is 9.97 Å². The van der Waals surface area contributed by atoms with Crippen LogP contribution in [0.25, 0.3) is 11.4 Å². The number of nitrogens with zero attached hydrogens (tertiary/aromatic N) is 2. The van der Waals surface area contributed by atoms with E-state index in [1.165, 1.54) is 12.1 Å². The van der Waals surface area contributed by atoms with Crippen LogP contribution in [0.5, 0.6) is 0 Å². The highest BCUT2D eigenvalue weighted by Gasteiger charge is 2.12. The Balaban J connectivity index is 2.57. The van der Waals surface area contributed by atoms with Crippen LogP contribution in [0.3, 0.4) is 0 Å². The van der Waals surface area contributed by atoms with Crippen molar-refractivity contribution in [3.8, 4) is 11.4 Å². The lowest BCUT2D eigenvalue weighted by Crippen LogP contribution is -2.11. The largest absolute Gasteiger partial charge is 0.308 e. The molecule has 0 fully saturated rings. The van der Waals surface area contributed by atoms with Crippen LogP contribution in [0.1, 0.15) is 25.5 Å². The zero-order valence-electron chi connectivity index (χ0n) is 10.6. The molecule has 0 saturated heterocycles. The fourth-order valence-electron chi connectivity index (χ4n) is 1.63. The van der Waals surface area contributed by atoms with E-state index in [1.807, 2.05) is 13.8 Å². The summed E-state index contributed by atoms with van der Waals surface area (Å²) in [6.07, 6.45) is 0. The summed E-state index contributed by atoms with van der Waals surface area (Å²) in [5.41, 5.74) is 3.90. The molecule has 1 heterocycles. The number of rotatable bonds is 3. The molecule has 2 aromatic rings. The number of anilines is 1. The molecule has 0 atom stereocenters. The lowest BCUT2D eigenvalue weighted by molar-refractivity contribution is 0.628. The first-order valence-electron chi connectivity index (χ1n) is 5.82. The molecule has 6 heteroatoms. The van der Waals surface area contributed by atoms with Gasteiger partial charge in [0, 0.05) is 17.3 Å². The summed E-state index contributed by atoms with van der Waals surface area (Å²) in [7, 11) is 0. The fourth-order valence-corrected chi connectivity index (χ4v) is 1.88. The molecule has 0 aliphatic rings. The predicted octanol–water partition coefficient (Wildman–Crippen LogP) is 3.35. The Morgan fingerprint density at radius 2 is 2.00 bits per heavy atom. The summed E-state index contributed by atoms with van der Waals surface area (Å²) in [6.45, 7) is 4.03. The van der Waals surface area contributed by atoms with Gasteiger partial charge in [-0.3, -0.25) is 0 Å². The van der Waals surface area contributed by atoms with E-state index in [-0.39, 0.29) is 10.9 Å². The number of hydrazine groups is 1. The van der Waals surface area contributed by atoms with Crippen LogP contribution in [-0.2, 0) is 0 Å². The summed E-state index contributed by atoms with van der Waals surface area (Å²) in [5.74, 6) is 6.13. The molecule has 0 saturated carbocycles. The third-order valence-corrected chi connectivity index (χ3v) is 2.97. The lowest BCUT2D eigenvalue weighted by Gasteiger charge is -2.10. The standard InChI is InChI=1S/C13H14ClFN4/c1-7(2)11-6-12(19-16)18-13(17-11)9-4-3-8(15)5-10(9)14/h3-7H,16H2,1-2H3,(H,17,18,19). The van der Waals surface area contributed by atoms with Gasteiger partial charge in [0.2, 0.25) is 0 Å². The Labute approximate surface area is 115 Å². The number of halogens is 2. The molecule has 2 rings (SSSR count). The summed E-state index contributed by atoms with van der Waals surface area (Å²) >= 11 is 6.02. The molecular weight excluding hydrogens is 267 g/mol. The number of hydrogen-bond acceptors (Lipinski definition) is 4. The van der Waals surface area contributed by atoms with Crippen LogP contribution in [-0.4, -0.2) is 9.97 Å². The van der Waals surface area contributed by atoms with E-state index in [9.17, 15) is 4.39 Å². The van der Waals surface area contributed by atoms with Gasteiger partial charge in [-0.25, -0.2) is 20.2 Å². The van der Waals surface area contributed by atoms with Gasteiger partial charge < -0.3 is 5.43 Å². The number of nitrogens with one attached hydrogen (secondary N) is 1. The zero-order valence-corrected chi connectivity index (χ0v) is 11.4. The minimum atomic E-state index is -0.397. The topological polar surface area (TPSA) is 63.8 Å². The normalized spacial score (nSPS) is 10.8. The van der Waals surface area contributed by atoms with Gasteiger partial charge in [0.1, 0.15) is 11.6 Å². The molecule has 0 aliphatic heterocycles. The second kappa shape index (κ2) is 5.50. The molecule has 100 valence electrons. The maximum Gasteiger partial charge on any atom is 0.163 e. The monoisotopic (exact) mass is 280 g/mol. The van der Waals surface area contributed by atoms with Gasteiger partial charge in [-0.2, -0.15) is 0 Å². The van der Waals surface area contributed by atoms with E-state index in [1.54, 1.807) is 12.1 Å². The fraction of sp³-hybridized carbons (Fsp3) is 0.231. The van der Waals surface area contributed by atoms with E-state index in [0.717, 1.165) is 5.69 Å². The maximum absolute atomic E-state index is 13.1. The SMILES string of the molecule is CC(C)c1cc(NN)nc(-c2ccc(F)cc2Cl)n1. The molecule has 0 spiro atoms. The Morgan fingerprint density at radius 3 is 2.58 bits per heavy atom. The first-order valence-corrected chi connectivity index (χ1v) is 6.20. The maximum atomic E-state index is 13.1. The second-order valence-corrected chi connectivity index (χ2v) is 4.83. The van der Waals surface area contributed by atoms with Crippen LogP contribution in [0.15, 0.2) is 24.3 Å². The summed E-state index contributed by atoms with van der Waals surface area (Å²) < 4.78 is 13.1. The number of aromatic nitrogens is 2. The molecular formula is C13H14ClFN4. The van der Waals surface area contributed by atoms with Crippen molar-refractivity contribution in [2.45, 2.75) is 19.8 Å². The first kappa shape index (κ1) is 13.7. The van der Waals surface area contributed by atoms with Crippen molar-refractivity contribution in [3.05, 3.63) is 40.8 Å². The minimum Gasteiger partial charge on any atom is -0.308 e. The van der Waals surface area contributed by atoms with E-state index in [2.05, 4.69) is 15.4 Å². The number of hydrogen-bond donors (Lipinski definition) is 2. The predicted molar refractivity (Wildman–Crippen MR) is 74.3 cm³/mol. The van der Waals surface area contributed by atoms with Gasteiger partial charge in [0.05, 0.1) is 5.02 Å². The van der Waals surface area contributed by atoms with Gasteiger partial charge in [0.25, 0.3) is 0 Å². The van der Waals surface area contributed by atoms with Crippen molar-refractivity contribution >= 4 is 17.4 Å². The van der Waals surface area contributed by atoms with E-state index >= 15 is 0 Å². The average molecular weight is 281 g/mol. The summed E-state index contributed by atoms with van der Waals surface area (Å²) in [5, 5.41) is 0.267. The molecule has 4 nitrogen and oxygen atoms in total. The molecule has 19 heavy (non-hydrogen) atoms. The highest BCUT2D eigenvalue weighted by Crippen LogP contribution is 2.28. The minimum absolute atomic E-state index is 0.216. The van der Waals surface area contributed by atoms with Crippen LogP contribution in [0.2, 0.25) is 5.02 Å². The number of benzene rings is 1. The Kier molecular flexibility index (Phi) is 3.97. The van der Waals surface area contributed by atoms with Crippen LogP contribution < -0.4 is 11.3 Å². The lowest BCUT2D eigenvalue weighted by atomic mass is 10.1. The molecule has 1 aromatic heterocycles. The van der Waals surface area contributed by atoms with Gasteiger partial charge >= 0.3 is 0 Å². The molecule has 0 amide bonds. The molecule has 0 radical (unpaired) electrons. The highest BCUT2D eigenvalue weighted by molar-refractivity contribution is 6.33. The zero-order chi connectivity index (χ0) is 14.0. The Hall–Kier alpha value is -1.72. The molecule has 0 aliphatic carbocycles. The average Bonchev–Trinajstić information content (AvgIpc) is 2.38. The van der Waals surface area contributed by atoms with Crippen molar-refractivity contribution < 1.29 is 4.39 Å². The van der Waals surface area contributed by atoms with Crippen molar-refractivity contribution in [1.29, 1.82) is 0 Å². The van der Waals surface area contributed by atoms with Gasteiger partial charge in [0.15, 0.2) is 5.82 Å². The third kappa shape index (κ3) is 3.00. The third-order valence-electron chi connectivity index (χ3n) is 2.66. The molecule has 3 N–H and O–H groups in total. The van der Waals surface area contributed by atoms with E-state index in [0.29, 0.717) is 17.2 Å². The van der Waals surface area contributed by atoms with Crippen molar-refractivity contribution in [2.75, 3.05) is 5.43 Å². The molecule has 0 bridgehead atoms. The van der Waals surface area contributed by atoms with Crippen molar-refractivity contribution in [2.24, 2.45) is 5.84 Å². The van der Waals surface area contributed by atoms with Crippen LogP contribution in [0, 0.1) is 5.82 Å². The van der Waals surface area contributed by atoms with Gasteiger partial charge in [-0.15, -0.1) is 0 Å². The summed E-state index contributed by atoms with van der Waals surface area (Å²) in [4.78, 5) is 8.67. The van der Waals surface area contributed by atoms with Crippen molar-refractivity contribution in [3.63, 3.8) is 0 Å². The van der Waals surface area contributed by atoms with E-state index < -0.39 is 5.82 Å². The Bertz CT molecular complexity index is 601. The Morgan fingerprint density at radius 1 is 1.26 bits per heavy atom. The number of nitrogen functional groups attached to an aromatic ring is 1. The molecule has 0 unspecified atom stereocenters. The van der Waals surface area contributed by atoms with Gasteiger partial charge in [-0.05, 0) is 24.1 Å². The smallest absolute Gasteiger partial charge is 0.163 e. The molecule has 1 aromatic carbocycles. The first-order chi connectivity index (χ1) is 9.01. The van der Waals surface area contributed by atoms with E-state index in [4.69, 9.17) is 17.4 Å².